The highest BCUT2D eigenvalue weighted by atomic mass is 32.2. The Balaban J connectivity index is 1.70. The van der Waals surface area contributed by atoms with Crippen LogP contribution in [0.5, 0.6) is 17.4 Å². The molecule has 5 rings (SSSR count). The minimum Gasteiger partial charge on any atom is -0.494 e. The first-order valence-electron chi connectivity index (χ1n) is 12.5. The molecule has 1 aromatic carbocycles. The minimum absolute atomic E-state index is 0.252. The molecular formula is C26H30N6O5S. The second-order valence-corrected chi connectivity index (χ2v) is 10.8. The number of fused-ring (bicyclic) bond motifs is 1. The molecule has 1 aliphatic heterocycles. The molecule has 1 fully saturated rings. The zero-order valence-electron chi connectivity index (χ0n) is 21.6. The second-order valence-electron chi connectivity index (χ2n) is 8.80. The van der Waals surface area contributed by atoms with Crippen molar-refractivity contribution in [3.63, 3.8) is 0 Å². The van der Waals surface area contributed by atoms with E-state index in [2.05, 4.69) is 9.97 Å². The number of methoxy groups -OCH3 is 2. The van der Waals surface area contributed by atoms with E-state index in [-0.39, 0.29) is 5.75 Å². The fourth-order valence-electron chi connectivity index (χ4n) is 4.58. The Hall–Kier alpha value is -3.77. The van der Waals surface area contributed by atoms with Crippen LogP contribution in [0.1, 0.15) is 31.9 Å². The largest absolute Gasteiger partial charge is 0.494 e. The molecule has 11 nitrogen and oxygen atoms in total. The van der Waals surface area contributed by atoms with Crippen molar-refractivity contribution in [1.29, 1.82) is 0 Å². The van der Waals surface area contributed by atoms with Crippen LogP contribution < -0.4 is 14.2 Å². The molecule has 200 valence electrons. The Kier molecular flexibility index (Phi) is 7.43. The molecule has 12 heteroatoms. The normalized spacial score (nSPS) is 14.5. The van der Waals surface area contributed by atoms with Crippen molar-refractivity contribution < 1.29 is 22.6 Å². The summed E-state index contributed by atoms with van der Waals surface area (Å²) in [6.07, 6.45) is 4.23. The van der Waals surface area contributed by atoms with Gasteiger partial charge in [0, 0.05) is 19.2 Å². The van der Waals surface area contributed by atoms with Crippen LogP contribution in [0.25, 0.3) is 28.5 Å². The number of ether oxygens (including phenoxy) is 3. The first kappa shape index (κ1) is 25.9. The van der Waals surface area contributed by atoms with Crippen LogP contribution in [-0.4, -0.2) is 71.1 Å². The van der Waals surface area contributed by atoms with Gasteiger partial charge in [0.2, 0.25) is 15.9 Å². The monoisotopic (exact) mass is 538 g/mol. The van der Waals surface area contributed by atoms with Crippen LogP contribution in [0, 0.1) is 0 Å². The number of sulfonamides is 1. The summed E-state index contributed by atoms with van der Waals surface area (Å²) in [5.74, 6) is 1.65. The Morgan fingerprint density at radius 2 is 1.63 bits per heavy atom. The predicted molar refractivity (Wildman–Crippen MR) is 142 cm³/mol. The van der Waals surface area contributed by atoms with Crippen molar-refractivity contribution in [2.45, 2.75) is 31.9 Å². The number of benzene rings is 1. The summed E-state index contributed by atoms with van der Waals surface area (Å²) in [7, 11) is -0.417. The highest BCUT2D eigenvalue weighted by Gasteiger charge is 2.27. The van der Waals surface area contributed by atoms with Crippen LogP contribution in [0.3, 0.4) is 0 Å². The fraction of sp³-hybridized carbons (Fsp3) is 0.385. The third kappa shape index (κ3) is 5.01. The third-order valence-electron chi connectivity index (χ3n) is 6.33. The Morgan fingerprint density at radius 3 is 2.32 bits per heavy atom. The molecule has 0 amide bonds. The molecule has 0 N–H and O–H groups in total. The molecule has 0 bridgehead atoms. The molecule has 4 aromatic rings. The summed E-state index contributed by atoms with van der Waals surface area (Å²) >= 11 is 0. The molecule has 0 aliphatic carbocycles. The van der Waals surface area contributed by atoms with Gasteiger partial charge >= 0.3 is 0 Å². The van der Waals surface area contributed by atoms with Crippen LogP contribution in [0.2, 0.25) is 0 Å². The molecule has 0 saturated carbocycles. The lowest BCUT2D eigenvalue weighted by Gasteiger charge is -2.25. The van der Waals surface area contributed by atoms with Crippen LogP contribution >= 0.6 is 0 Å². The van der Waals surface area contributed by atoms with Gasteiger partial charge in [0.05, 0.1) is 32.7 Å². The molecule has 4 heterocycles. The highest BCUT2D eigenvalue weighted by molar-refractivity contribution is 7.88. The van der Waals surface area contributed by atoms with Gasteiger partial charge in [0.1, 0.15) is 28.6 Å². The summed E-state index contributed by atoms with van der Waals surface area (Å²) in [5.41, 5.74) is 2.07. The van der Waals surface area contributed by atoms with Crippen molar-refractivity contribution in [2.24, 2.45) is 0 Å². The van der Waals surface area contributed by atoms with Gasteiger partial charge in [-0.15, -0.1) is 0 Å². The number of piperidine rings is 1. The smallest absolute Gasteiger partial charge is 0.219 e. The average Bonchev–Trinajstić information content (AvgIpc) is 3.31. The van der Waals surface area contributed by atoms with Crippen molar-refractivity contribution in [3.05, 3.63) is 48.3 Å². The minimum atomic E-state index is -3.54. The highest BCUT2D eigenvalue weighted by Crippen LogP contribution is 2.37. The number of rotatable bonds is 9. The SMILES string of the molecule is CCOc1cccc(-c2nc3ncc(CS(=O)(=O)N4CCCCC4)nc3n2-c2c(OC)cccc2OC)n1. The number of para-hydroxylation sites is 1. The Bertz CT molecular complexity index is 1530. The lowest BCUT2D eigenvalue weighted by Crippen LogP contribution is -2.36. The van der Waals surface area contributed by atoms with Gasteiger partial charge < -0.3 is 14.2 Å². The first-order valence-corrected chi connectivity index (χ1v) is 14.1. The number of aromatic nitrogens is 5. The lowest BCUT2D eigenvalue weighted by atomic mass is 10.2. The van der Waals surface area contributed by atoms with Crippen LogP contribution in [-0.2, 0) is 15.8 Å². The standard InChI is InChI=1S/C26H30N6O5S/c1-4-37-22-13-8-10-19(29-22)25-30-24-26(32(25)23-20(35-2)11-9-12-21(23)36-3)28-18(16-27-24)17-38(33,34)31-14-6-5-7-15-31/h8-13,16H,4-7,14-15,17H2,1-3H3. The summed E-state index contributed by atoms with van der Waals surface area (Å²) in [4.78, 5) is 18.6. The van der Waals surface area contributed by atoms with Crippen LogP contribution in [0.4, 0.5) is 0 Å². The summed E-state index contributed by atoms with van der Waals surface area (Å²) in [6.45, 7) is 3.41. The molecule has 3 aromatic heterocycles. The summed E-state index contributed by atoms with van der Waals surface area (Å²) < 4.78 is 46.5. The molecule has 38 heavy (non-hydrogen) atoms. The third-order valence-corrected chi connectivity index (χ3v) is 8.14. The van der Waals surface area contributed by atoms with E-state index in [0.717, 1.165) is 19.3 Å². The van der Waals surface area contributed by atoms with E-state index in [9.17, 15) is 8.42 Å². The summed E-state index contributed by atoms with van der Waals surface area (Å²) in [6, 6.07) is 10.8. The fourth-order valence-corrected chi connectivity index (χ4v) is 6.09. The number of imidazole rings is 1. The number of pyridine rings is 1. The van der Waals surface area contributed by atoms with Crippen molar-refractivity contribution in [2.75, 3.05) is 33.9 Å². The maximum absolute atomic E-state index is 13.1. The van der Waals surface area contributed by atoms with Gasteiger partial charge in [0.25, 0.3) is 0 Å². The second kappa shape index (κ2) is 10.9. The van der Waals surface area contributed by atoms with Crippen molar-refractivity contribution in [3.8, 4) is 34.6 Å². The lowest BCUT2D eigenvalue weighted by molar-refractivity contribution is 0.327. The van der Waals surface area contributed by atoms with E-state index in [1.807, 2.05) is 25.1 Å². The Labute approximate surface area is 221 Å². The van der Waals surface area contributed by atoms with Gasteiger partial charge in [-0.1, -0.05) is 18.6 Å². The van der Waals surface area contributed by atoms with Gasteiger partial charge in [-0.25, -0.2) is 32.7 Å². The summed E-state index contributed by atoms with van der Waals surface area (Å²) in [5, 5.41) is 0. The zero-order valence-corrected chi connectivity index (χ0v) is 22.4. The molecule has 0 spiro atoms. The number of hydrogen-bond acceptors (Lipinski definition) is 9. The number of nitrogens with zero attached hydrogens (tertiary/aromatic N) is 6. The van der Waals surface area contributed by atoms with Crippen molar-refractivity contribution in [1.82, 2.24) is 28.8 Å². The molecule has 0 atom stereocenters. The van der Waals surface area contributed by atoms with E-state index in [1.54, 1.807) is 37.0 Å². The van der Waals surface area contributed by atoms with E-state index in [1.165, 1.54) is 10.5 Å². The quantitative estimate of drug-likeness (QED) is 0.314. The topological polar surface area (TPSA) is 122 Å². The molecule has 0 radical (unpaired) electrons. The van der Waals surface area contributed by atoms with Crippen LogP contribution in [0.15, 0.2) is 42.6 Å². The predicted octanol–water partition coefficient (Wildman–Crippen LogP) is 3.61. The van der Waals surface area contributed by atoms with Gasteiger partial charge in [-0.2, -0.15) is 0 Å². The molecule has 1 aliphatic rings. The van der Waals surface area contributed by atoms with Gasteiger partial charge in [-0.3, -0.25) is 4.57 Å². The van der Waals surface area contributed by atoms with E-state index in [4.69, 9.17) is 24.2 Å². The van der Waals surface area contributed by atoms with E-state index >= 15 is 0 Å². The molecule has 1 saturated heterocycles. The van der Waals surface area contributed by atoms with Gasteiger partial charge in [0.15, 0.2) is 17.1 Å². The van der Waals surface area contributed by atoms with E-state index < -0.39 is 10.0 Å². The van der Waals surface area contributed by atoms with E-state index in [0.29, 0.717) is 71.3 Å². The van der Waals surface area contributed by atoms with Gasteiger partial charge in [-0.05, 0) is 38.0 Å². The maximum Gasteiger partial charge on any atom is 0.219 e. The molecule has 0 unspecified atom stereocenters. The molecular weight excluding hydrogens is 508 g/mol. The Morgan fingerprint density at radius 1 is 0.921 bits per heavy atom. The first-order chi connectivity index (χ1) is 18.4. The van der Waals surface area contributed by atoms with Crippen molar-refractivity contribution >= 4 is 21.3 Å². The average molecular weight is 539 g/mol. The number of hydrogen-bond donors (Lipinski definition) is 0. The maximum atomic E-state index is 13.1. The zero-order chi connectivity index (χ0) is 26.7.